The van der Waals surface area contributed by atoms with Crippen LogP contribution in [-0.4, -0.2) is 32.9 Å². The summed E-state index contributed by atoms with van der Waals surface area (Å²) in [5, 5.41) is 3.03. The number of halogens is 1. The van der Waals surface area contributed by atoms with Crippen LogP contribution in [0.1, 0.15) is 24.2 Å². The van der Waals surface area contributed by atoms with Gasteiger partial charge in [0.05, 0.1) is 6.04 Å². The summed E-state index contributed by atoms with van der Waals surface area (Å²) in [7, 11) is 0. The molecule has 1 saturated heterocycles. The summed E-state index contributed by atoms with van der Waals surface area (Å²) in [6, 6.07) is 14.1. The van der Waals surface area contributed by atoms with E-state index in [0.29, 0.717) is 6.54 Å². The fourth-order valence-corrected chi connectivity index (χ4v) is 3.72. The van der Waals surface area contributed by atoms with Crippen molar-refractivity contribution in [3.63, 3.8) is 0 Å². The van der Waals surface area contributed by atoms with Gasteiger partial charge in [-0.05, 0) is 68.3 Å². The van der Waals surface area contributed by atoms with Crippen LogP contribution >= 0.6 is 0 Å². The smallest absolute Gasteiger partial charge is 0.241 e. The zero-order chi connectivity index (χ0) is 19.5. The third-order valence-electron chi connectivity index (χ3n) is 5.20. The normalized spacial score (nSPS) is 17.0. The first-order valence-corrected chi connectivity index (χ1v) is 9.50. The Morgan fingerprint density at radius 2 is 1.93 bits per heavy atom. The number of anilines is 1. The number of rotatable bonds is 5. The molecule has 1 N–H and O–H groups in total. The van der Waals surface area contributed by atoms with Gasteiger partial charge in [-0.25, -0.2) is 9.37 Å². The third-order valence-corrected chi connectivity index (χ3v) is 5.20. The molecule has 144 valence electrons. The minimum absolute atomic E-state index is 0.00572. The van der Waals surface area contributed by atoms with E-state index in [2.05, 4.69) is 15.2 Å². The zero-order valence-electron chi connectivity index (χ0n) is 15.8. The van der Waals surface area contributed by atoms with Crippen LogP contribution in [0.15, 0.2) is 60.9 Å². The quantitative estimate of drug-likeness (QED) is 0.732. The van der Waals surface area contributed by atoms with Crippen molar-refractivity contribution in [3.8, 4) is 5.69 Å². The van der Waals surface area contributed by atoms with E-state index in [1.165, 1.54) is 12.1 Å². The van der Waals surface area contributed by atoms with Gasteiger partial charge in [0.1, 0.15) is 11.6 Å². The van der Waals surface area contributed by atoms with Crippen LogP contribution < -0.4 is 5.32 Å². The highest BCUT2D eigenvalue weighted by atomic mass is 19.1. The van der Waals surface area contributed by atoms with Crippen LogP contribution in [0.4, 0.5) is 10.1 Å². The molecule has 1 atom stereocenters. The first-order chi connectivity index (χ1) is 13.6. The summed E-state index contributed by atoms with van der Waals surface area (Å²) < 4.78 is 15.1. The molecule has 0 saturated carbocycles. The van der Waals surface area contributed by atoms with Gasteiger partial charge in [0.25, 0.3) is 0 Å². The second kappa shape index (κ2) is 7.94. The summed E-state index contributed by atoms with van der Waals surface area (Å²) in [5.41, 5.74) is 2.80. The van der Waals surface area contributed by atoms with Crippen LogP contribution in [0.2, 0.25) is 0 Å². The largest absolute Gasteiger partial charge is 0.325 e. The maximum atomic E-state index is 13.1. The molecule has 0 unspecified atom stereocenters. The van der Waals surface area contributed by atoms with E-state index in [1.54, 1.807) is 18.3 Å². The molecule has 2 aromatic carbocycles. The Kier molecular flexibility index (Phi) is 5.21. The molecule has 0 aliphatic carbocycles. The molecule has 1 aromatic heterocycles. The molecule has 4 rings (SSSR count). The lowest BCUT2D eigenvalue weighted by Gasteiger charge is -2.23. The van der Waals surface area contributed by atoms with E-state index in [0.717, 1.165) is 42.1 Å². The lowest BCUT2D eigenvalue weighted by Crippen LogP contribution is -2.39. The second-order valence-corrected chi connectivity index (χ2v) is 7.14. The van der Waals surface area contributed by atoms with E-state index in [9.17, 15) is 9.18 Å². The Morgan fingerprint density at radius 3 is 2.61 bits per heavy atom. The van der Waals surface area contributed by atoms with Crippen LogP contribution in [0.3, 0.4) is 0 Å². The van der Waals surface area contributed by atoms with Crippen LogP contribution in [0, 0.1) is 12.7 Å². The number of hydrogen-bond donors (Lipinski definition) is 1. The first-order valence-electron chi connectivity index (χ1n) is 9.50. The van der Waals surface area contributed by atoms with Gasteiger partial charge in [-0.2, -0.15) is 0 Å². The van der Waals surface area contributed by atoms with E-state index in [4.69, 9.17) is 0 Å². The molecule has 1 fully saturated rings. The maximum absolute atomic E-state index is 13.1. The predicted octanol–water partition coefficient (Wildman–Crippen LogP) is 3.92. The monoisotopic (exact) mass is 378 g/mol. The van der Waals surface area contributed by atoms with Crippen molar-refractivity contribution < 1.29 is 9.18 Å². The van der Waals surface area contributed by atoms with Crippen LogP contribution in [0.25, 0.3) is 5.69 Å². The number of carbonyl (C=O) groups is 1. The molecule has 3 aromatic rings. The number of aromatic nitrogens is 2. The number of carbonyl (C=O) groups excluding carboxylic acids is 1. The zero-order valence-corrected chi connectivity index (χ0v) is 15.8. The van der Waals surface area contributed by atoms with Crippen molar-refractivity contribution in [2.45, 2.75) is 32.4 Å². The molecule has 0 spiro atoms. The Labute approximate surface area is 163 Å². The van der Waals surface area contributed by atoms with Gasteiger partial charge in [-0.3, -0.25) is 9.69 Å². The number of aryl methyl sites for hydroxylation is 1. The number of benzene rings is 2. The lowest BCUT2D eigenvalue weighted by atomic mass is 10.1. The second-order valence-electron chi connectivity index (χ2n) is 7.14. The maximum Gasteiger partial charge on any atom is 0.241 e. The van der Waals surface area contributed by atoms with Crippen molar-refractivity contribution in [2.24, 2.45) is 0 Å². The molecule has 1 amide bonds. The fraction of sp³-hybridized carbons (Fsp3) is 0.273. The summed E-state index contributed by atoms with van der Waals surface area (Å²) >= 11 is 0. The summed E-state index contributed by atoms with van der Waals surface area (Å²) in [4.78, 5) is 19.2. The fourth-order valence-electron chi connectivity index (χ4n) is 3.72. The number of amides is 1. The molecule has 0 bridgehead atoms. The van der Waals surface area contributed by atoms with Crippen molar-refractivity contribution in [2.75, 3.05) is 11.9 Å². The summed E-state index contributed by atoms with van der Waals surface area (Å²) in [6.07, 6.45) is 5.49. The lowest BCUT2D eigenvalue weighted by molar-refractivity contribution is -0.120. The Balaban J connectivity index is 1.41. The first kappa shape index (κ1) is 18.4. The number of imidazole rings is 1. The van der Waals surface area contributed by atoms with Gasteiger partial charge >= 0.3 is 0 Å². The Morgan fingerprint density at radius 1 is 1.18 bits per heavy atom. The molecule has 28 heavy (non-hydrogen) atoms. The average molecular weight is 378 g/mol. The predicted molar refractivity (Wildman–Crippen MR) is 107 cm³/mol. The van der Waals surface area contributed by atoms with Gasteiger partial charge < -0.3 is 9.88 Å². The molecule has 6 heteroatoms. The molecule has 0 radical (unpaired) electrons. The highest BCUT2D eigenvalue weighted by Crippen LogP contribution is 2.22. The molecular weight excluding hydrogens is 355 g/mol. The topological polar surface area (TPSA) is 50.2 Å². The summed E-state index contributed by atoms with van der Waals surface area (Å²) in [5.74, 6) is 0.680. The van der Waals surface area contributed by atoms with Crippen molar-refractivity contribution in [1.82, 2.24) is 14.5 Å². The van der Waals surface area contributed by atoms with Crippen molar-refractivity contribution in [3.05, 3.63) is 78.1 Å². The molecule has 1 aliphatic rings. The van der Waals surface area contributed by atoms with Crippen LogP contribution in [0.5, 0.6) is 0 Å². The Hall–Kier alpha value is -2.99. The van der Waals surface area contributed by atoms with E-state index in [-0.39, 0.29) is 17.8 Å². The number of hydrogen-bond acceptors (Lipinski definition) is 3. The van der Waals surface area contributed by atoms with Crippen LogP contribution in [-0.2, 0) is 11.3 Å². The SMILES string of the molecule is Cc1nccn1-c1ccc(NC(=O)[C@@H]2CCCN2Cc2ccc(F)cc2)cc1. The van der Waals surface area contributed by atoms with E-state index < -0.39 is 0 Å². The number of nitrogens with zero attached hydrogens (tertiary/aromatic N) is 3. The highest BCUT2D eigenvalue weighted by Gasteiger charge is 2.30. The van der Waals surface area contributed by atoms with Gasteiger partial charge in [0, 0.05) is 30.3 Å². The van der Waals surface area contributed by atoms with Gasteiger partial charge in [0.15, 0.2) is 0 Å². The number of likely N-dealkylation sites (tertiary alicyclic amines) is 1. The average Bonchev–Trinajstić information content (AvgIpc) is 3.33. The summed E-state index contributed by atoms with van der Waals surface area (Å²) in [6.45, 7) is 3.47. The number of nitrogens with one attached hydrogen (secondary N) is 1. The van der Waals surface area contributed by atoms with Crippen molar-refractivity contribution in [1.29, 1.82) is 0 Å². The van der Waals surface area contributed by atoms with E-state index in [1.807, 2.05) is 42.0 Å². The standard InChI is InChI=1S/C22H23FN4O/c1-16-24-12-14-27(16)20-10-8-19(9-11-20)25-22(28)21-3-2-13-26(21)15-17-4-6-18(23)7-5-17/h4-12,14,21H,2-3,13,15H2,1H3,(H,25,28)/t21-/m0/s1. The molecule has 1 aliphatic heterocycles. The molecule has 2 heterocycles. The third kappa shape index (κ3) is 3.97. The Bertz CT molecular complexity index is 949. The van der Waals surface area contributed by atoms with Gasteiger partial charge in [-0.1, -0.05) is 12.1 Å². The van der Waals surface area contributed by atoms with Gasteiger partial charge in [-0.15, -0.1) is 0 Å². The van der Waals surface area contributed by atoms with E-state index >= 15 is 0 Å². The molecule has 5 nitrogen and oxygen atoms in total. The highest BCUT2D eigenvalue weighted by molar-refractivity contribution is 5.95. The molecular formula is C22H23FN4O. The minimum atomic E-state index is -0.242. The minimum Gasteiger partial charge on any atom is -0.325 e. The van der Waals surface area contributed by atoms with Gasteiger partial charge in [0.2, 0.25) is 5.91 Å². The van der Waals surface area contributed by atoms with Crippen molar-refractivity contribution >= 4 is 11.6 Å².